The summed E-state index contributed by atoms with van der Waals surface area (Å²) in [6.07, 6.45) is 0.596. The number of halogens is 3. The fourth-order valence-corrected chi connectivity index (χ4v) is 6.10. The van der Waals surface area contributed by atoms with Crippen LogP contribution in [0.2, 0.25) is 0 Å². The monoisotopic (exact) mass is 576 g/mol. The van der Waals surface area contributed by atoms with Gasteiger partial charge in [0.1, 0.15) is 24.3 Å². The van der Waals surface area contributed by atoms with Crippen LogP contribution in [-0.4, -0.2) is 45.8 Å². The third kappa shape index (κ3) is 4.82. The Labute approximate surface area is 231 Å². The van der Waals surface area contributed by atoms with Crippen LogP contribution in [0.5, 0.6) is 0 Å². The van der Waals surface area contributed by atoms with Gasteiger partial charge in [-0.2, -0.15) is 0 Å². The van der Waals surface area contributed by atoms with Crippen LogP contribution in [-0.2, 0) is 27.5 Å². The zero-order valence-electron chi connectivity index (χ0n) is 20.4. The number of alkyl carbamates (subject to hydrolysis) is 1. The molecule has 0 spiro atoms. The molecular formula is C26H23ClF2N4O5S. The van der Waals surface area contributed by atoms with Crippen LogP contribution in [0, 0.1) is 11.6 Å². The third-order valence-electron chi connectivity index (χ3n) is 7.43. The molecule has 2 fully saturated rings. The average molecular weight is 577 g/mol. The summed E-state index contributed by atoms with van der Waals surface area (Å²) < 4.78 is 35.8. The fourth-order valence-electron chi connectivity index (χ4n) is 5.40. The van der Waals surface area contributed by atoms with Gasteiger partial charge >= 0.3 is 6.09 Å². The maximum Gasteiger partial charge on any atom is 0.407 e. The molecule has 1 saturated carbocycles. The average Bonchev–Trinajstić information content (AvgIpc) is 3.46. The molecule has 1 saturated heterocycles. The predicted molar refractivity (Wildman–Crippen MR) is 138 cm³/mol. The maximum atomic E-state index is 15.2. The van der Waals surface area contributed by atoms with Gasteiger partial charge in [0, 0.05) is 30.1 Å². The molecule has 3 aliphatic rings. The van der Waals surface area contributed by atoms with E-state index >= 15 is 4.39 Å². The number of carbonyl (C=O) groups is 4. The Kier molecular flexibility index (Phi) is 7.25. The lowest BCUT2D eigenvalue weighted by atomic mass is 9.75. The summed E-state index contributed by atoms with van der Waals surface area (Å²) in [7, 11) is 0. The van der Waals surface area contributed by atoms with E-state index in [4.69, 9.17) is 4.74 Å². The number of nitrogens with one attached hydrogen (secondary N) is 2. The van der Waals surface area contributed by atoms with Gasteiger partial charge in [-0.3, -0.25) is 19.7 Å². The van der Waals surface area contributed by atoms with Gasteiger partial charge in [-0.15, -0.1) is 23.7 Å². The van der Waals surface area contributed by atoms with Crippen molar-refractivity contribution in [3.63, 3.8) is 0 Å². The Morgan fingerprint density at radius 3 is 2.74 bits per heavy atom. The lowest BCUT2D eigenvalue weighted by Crippen LogP contribution is -2.52. The van der Waals surface area contributed by atoms with Gasteiger partial charge in [0.2, 0.25) is 11.8 Å². The van der Waals surface area contributed by atoms with E-state index in [1.165, 1.54) is 28.4 Å². The van der Waals surface area contributed by atoms with Gasteiger partial charge in [-0.25, -0.2) is 18.6 Å². The molecule has 2 aliphatic heterocycles. The van der Waals surface area contributed by atoms with Gasteiger partial charge < -0.3 is 15.0 Å². The molecule has 3 aromatic rings. The molecule has 0 radical (unpaired) electrons. The van der Waals surface area contributed by atoms with Crippen molar-refractivity contribution in [2.24, 2.45) is 0 Å². The van der Waals surface area contributed by atoms with Crippen LogP contribution in [0.4, 0.5) is 13.6 Å². The molecule has 13 heteroatoms. The Morgan fingerprint density at radius 1 is 1.18 bits per heavy atom. The van der Waals surface area contributed by atoms with Crippen LogP contribution in [0.1, 0.15) is 58.6 Å². The van der Waals surface area contributed by atoms with Crippen LogP contribution in [0.3, 0.4) is 0 Å². The van der Waals surface area contributed by atoms with E-state index in [1.54, 1.807) is 17.6 Å². The van der Waals surface area contributed by atoms with Gasteiger partial charge in [-0.1, -0.05) is 12.1 Å². The molecular weight excluding hydrogens is 554 g/mol. The number of aromatic nitrogens is 1. The molecule has 39 heavy (non-hydrogen) atoms. The lowest BCUT2D eigenvalue weighted by molar-refractivity contribution is -0.136. The Bertz CT molecular complexity index is 1510. The number of benzene rings is 2. The Morgan fingerprint density at radius 2 is 1.97 bits per heavy atom. The van der Waals surface area contributed by atoms with Crippen LogP contribution >= 0.6 is 23.7 Å². The van der Waals surface area contributed by atoms with Gasteiger partial charge in [0.15, 0.2) is 0 Å². The number of rotatable bonds is 5. The summed E-state index contributed by atoms with van der Waals surface area (Å²) in [5.74, 6) is -2.80. The summed E-state index contributed by atoms with van der Waals surface area (Å²) in [5.41, 5.74) is 3.19. The second-order valence-electron chi connectivity index (χ2n) is 9.72. The first-order valence-electron chi connectivity index (χ1n) is 12.2. The molecule has 0 bridgehead atoms. The highest BCUT2D eigenvalue weighted by Crippen LogP contribution is 2.41. The van der Waals surface area contributed by atoms with Crippen molar-refractivity contribution >= 4 is 57.8 Å². The zero-order valence-corrected chi connectivity index (χ0v) is 22.0. The van der Waals surface area contributed by atoms with Crippen molar-refractivity contribution in [2.75, 3.05) is 0 Å². The molecule has 9 nitrogen and oxygen atoms in total. The first kappa shape index (κ1) is 26.9. The zero-order chi connectivity index (χ0) is 26.6. The van der Waals surface area contributed by atoms with Crippen molar-refractivity contribution in [3.05, 3.63) is 63.7 Å². The minimum absolute atomic E-state index is 0. The van der Waals surface area contributed by atoms with Crippen LogP contribution in [0.15, 0.2) is 29.8 Å². The van der Waals surface area contributed by atoms with Gasteiger partial charge in [-0.05, 0) is 42.9 Å². The maximum absolute atomic E-state index is 15.2. The van der Waals surface area contributed by atoms with Gasteiger partial charge in [0.25, 0.3) is 5.91 Å². The lowest BCUT2D eigenvalue weighted by Gasteiger charge is -2.36. The number of imide groups is 1. The molecule has 4 amide bonds. The molecule has 2 aromatic carbocycles. The number of fused-ring (bicyclic) bond motifs is 2. The molecule has 1 aromatic heterocycles. The second kappa shape index (κ2) is 10.5. The van der Waals surface area contributed by atoms with E-state index in [2.05, 4.69) is 15.6 Å². The summed E-state index contributed by atoms with van der Waals surface area (Å²) in [4.78, 5) is 54.4. The number of hydrogen-bond acceptors (Lipinski definition) is 7. The number of ether oxygens (including phenoxy) is 1. The van der Waals surface area contributed by atoms with Crippen molar-refractivity contribution in [2.45, 2.75) is 56.8 Å². The number of piperidine rings is 1. The molecule has 2 N–H and O–H groups in total. The third-order valence-corrected chi connectivity index (χ3v) is 8.22. The van der Waals surface area contributed by atoms with Gasteiger partial charge in [0.05, 0.1) is 21.3 Å². The molecule has 3 heterocycles. The number of nitrogens with zero attached hydrogens (tertiary/aromatic N) is 2. The smallest absolute Gasteiger partial charge is 0.407 e. The minimum atomic E-state index is -0.847. The largest absolute Gasteiger partial charge is 0.445 e. The summed E-state index contributed by atoms with van der Waals surface area (Å²) in [6, 6.07) is 5.09. The van der Waals surface area contributed by atoms with E-state index < -0.39 is 35.7 Å². The van der Waals surface area contributed by atoms with E-state index in [9.17, 15) is 23.6 Å². The highest BCUT2D eigenvalue weighted by atomic mass is 35.5. The first-order valence-corrected chi connectivity index (χ1v) is 13.1. The van der Waals surface area contributed by atoms with E-state index in [0.29, 0.717) is 29.5 Å². The van der Waals surface area contributed by atoms with E-state index in [0.717, 1.165) is 4.70 Å². The number of amides is 4. The minimum Gasteiger partial charge on any atom is -0.445 e. The Balaban J connectivity index is 0.00000308. The van der Waals surface area contributed by atoms with Crippen molar-refractivity contribution in [1.29, 1.82) is 0 Å². The van der Waals surface area contributed by atoms with Crippen molar-refractivity contribution < 1.29 is 32.7 Å². The summed E-state index contributed by atoms with van der Waals surface area (Å²) in [5, 5.41) is 4.92. The van der Waals surface area contributed by atoms with E-state index in [1.807, 2.05) is 0 Å². The SMILES string of the molecule is Cl.O=C1CCC(N2Cc3ccc(COC(=O)NC4CC(c5c(F)ccc6scnc56)C4)c(F)c3C2=O)C(=O)N1. The molecule has 1 unspecified atom stereocenters. The number of thiazole rings is 1. The topological polar surface area (TPSA) is 118 Å². The number of carbonyl (C=O) groups excluding carboxylic acids is 4. The normalized spacial score (nSPS) is 22.2. The van der Waals surface area contributed by atoms with E-state index in [-0.39, 0.29) is 67.3 Å². The summed E-state index contributed by atoms with van der Waals surface area (Å²) >= 11 is 1.44. The standard InChI is InChI=1S/C26H22F2N4O5S.ClH/c27-16-3-5-18-23(29-11-38-18)20(16)14-7-15(8-14)30-26(36)37-10-13-2-1-12-9-32(25(35)21(12)22(13)28)17-4-6-19(33)31-24(17)34;/h1-3,5,11,14-15,17H,4,6-10H2,(H,30,36)(H,31,33,34);1H. The second-order valence-corrected chi connectivity index (χ2v) is 10.6. The summed E-state index contributed by atoms with van der Waals surface area (Å²) in [6.45, 7) is -0.337. The quantitative estimate of drug-likeness (QED) is 0.445. The van der Waals surface area contributed by atoms with Crippen molar-refractivity contribution in [3.8, 4) is 0 Å². The van der Waals surface area contributed by atoms with Crippen LogP contribution in [0.25, 0.3) is 10.2 Å². The molecule has 204 valence electrons. The fraction of sp³-hybridized carbons (Fsp3) is 0.346. The first-order chi connectivity index (χ1) is 18.3. The predicted octanol–water partition coefficient (Wildman–Crippen LogP) is 3.93. The molecule has 6 rings (SSSR count). The van der Waals surface area contributed by atoms with Crippen molar-refractivity contribution in [1.82, 2.24) is 20.5 Å². The molecule has 1 aliphatic carbocycles. The highest BCUT2D eigenvalue weighted by molar-refractivity contribution is 7.16. The Hall–Kier alpha value is -3.64. The van der Waals surface area contributed by atoms with Crippen LogP contribution < -0.4 is 10.6 Å². The highest BCUT2D eigenvalue weighted by Gasteiger charge is 2.41. The number of hydrogen-bond donors (Lipinski definition) is 2. The molecule has 1 atom stereocenters.